The highest BCUT2D eigenvalue weighted by atomic mass is 35.5. The molecule has 4 aromatic rings. The summed E-state index contributed by atoms with van der Waals surface area (Å²) in [6.07, 6.45) is 2.11. The average molecular weight is 500 g/mol. The van der Waals surface area contributed by atoms with Gasteiger partial charge >= 0.3 is 5.69 Å². The van der Waals surface area contributed by atoms with Gasteiger partial charge in [-0.3, -0.25) is 9.20 Å². The molecule has 176 valence electrons. The van der Waals surface area contributed by atoms with Gasteiger partial charge in [-0.05, 0) is 42.3 Å². The van der Waals surface area contributed by atoms with Crippen molar-refractivity contribution in [2.75, 3.05) is 6.54 Å². The lowest BCUT2D eigenvalue weighted by atomic mass is 10.2. The van der Waals surface area contributed by atoms with Crippen molar-refractivity contribution in [3.05, 3.63) is 99.6 Å². The molecule has 0 radical (unpaired) electrons. The summed E-state index contributed by atoms with van der Waals surface area (Å²) in [4.78, 5) is 24.7. The first-order valence-corrected chi connectivity index (χ1v) is 12.4. The van der Waals surface area contributed by atoms with E-state index in [0.29, 0.717) is 18.6 Å². The summed E-state index contributed by atoms with van der Waals surface area (Å²) in [6, 6.07) is 18.4. The maximum absolute atomic E-state index is 12.8. The summed E-state index contributed by atoms with van der Waals surface area (Å²) in [5.74, 6) is -0.446. The highest BCUT2D eigenvalue weighted by Crippen LogP contribution is 2.23. The molecule has 0 atom stereocenters. The van der Waals surface area contributed by atoms with Crippen LogP contribution in [0.15, 0.2) is 82.6 Å². The van der Waals surface area contributed by atoms with E-state index in [1.807, 2.05) is 18.2 Å². The number of hydrogen-bond donors (Lipinski definition) is 2. The fourth-order valence-corrected chi connectivity index (χ4v) is 4.89. The molecule has 0 aliphatic carbocycles. The number of carbonyl (C=O) groups is 1. The second kappa shape index (κ2) is 10.2. The van der Waals surface area contributed by atoms with Crippen LogP contribution in [0, 0.1) is 0 Å². The van der Waals surface area contributed by atoms with E-state index >= 15 is 0 Å². The third kappa shape index (κ3) is 5.36. The zero-order chi connectivity index (χ0) is 24.1. The molecule has 4 rings (SSSR count). The summed E-state index contributed by atoms with van der Waals surface area (Å²) in [5.41, 5.74) is 1.25. The minimum Gasteiger partial charge on any atom is -0.352 e. The number of pyridine rings is 1. The van der Waals surface area contributed by atoms with Crippen molar-refractivity contribution in [2.45, 2.75) is 24.4 Å². The summed E-state index contributed by atoms with van der Waals surface area (Å²) in [6.45, 7) is 0.693. The molecule has 34 heavy (non-hydrogen) atoms. The number of nitrogens with one attached hydrogen (secondary N) is 2. The van der Waals surface area contributed by atoms with Crippen LogP contribution in [-0.4, -0.2) is 35.1 Å². The molecule has 0 aliphatic rings. The van der Waals surface area contributed by atoms with Crippen molar-refractivity contribution >= 4 is 33.2 Å². The number of sulfonamides is 1. The number of carbonyl (C=O) groups excluding carboxylic acids is 1. The third-order valence-corrected chi connectivity index (χ3v) is 7.00. The zero-order valence-electron chi connectivity index (χ0n) is 18.0. The number of benzene rings is 2. The molecule has 0 aliphatic heterocycles. The molecule has 2 N–H and O–H groups in total. The van der Waals surface area contributed by atoms with Crippen LogP contribution in [0.25, 0.3) is 5.65 Å². The van der Waals surface area contributed by atoms with Crippen molar-refractivity contribution in [1.82, 2.24) is 24.2 Å². The van der Waals surface area contributed by atoms with Crippen molar-refractivity contribution in [3.8, 4) is 0 Å². The van der Waals surface area contributed by atoms with Gasteiger partial charge in [0, 0.05) is 31.4 Å². The van der Waals surface area contributed by atoms with Gasteiger partial charge < -0.3 is 5.32 Å². The van der Waals surface area contributed by atoms with E-state index < -0.39 is 15.9 Å². The van der Waals surface area contributed by atoms with Gasteiger partial charge in [-0.25, -0.2) is 22.6 Å². The van der Waals surface area contributed by atoms with Crippen LogP contribution in [0.3, 0.4) is 0 Å². The normalized spacial score (nSPS) is 11.6. The topological polar surface area (TPSA) is 115 Å². The molecule has 2 heterocycles. The first-order valence-electron chi connectivity index (χ1n) is 10.5. The highest BCUT2D eigenvalue weighted by Gasteiger charge is 2.20. The van der Waals surface area contributed by atoms with Gasteiger partial charge in [0.15, 0.2) is 5.65 Å². The Kier molecular flexibility index (Phi) is 7.11. The van der Waals surface area contributed by atoms with Crippen LogP contribution in [0.1, 0.15) is 22.3 Å². The van der Waals surface area contributed by atoms with E-state index in [0.717, 1.165) is 5.56 Å². The first kappa shape index (κ1) is 23.7. The van der Waals surface area contributed by atoms with Crippen LogP contribution in [0.5, 0.6) is 0 Å². The van der Waals surface area contributed by atoms with E-state index in [4.69, 9.17) is 11.6 Å². The second-order valence-electron chi connectivity index (χ2n) is 7.50. The number of hydrogen-bond acceptors (Lipinski definition) is 5. The Morgan fingerprint density at radius 3 is 2.56 bits per heavy atom. The minimum absolute atomic E-state index is 0.0170. The van der Waals surface area contributed by atoms with Gasteiger partial charge in [-0.2, -0.15) is 0 Å². The van der Waals surface area contributed by atoms with Crippen molar-refractivity contribution < 1.29 is 13.2 Å². The Bertz CT molecular complexity index is 1480. The maximum atomic E-state index is 12.8. The quantitative estimate of drug-likeness (QED) is 0.343. The third-order valence-electron chi connectivity index (χ3n) is 5.11. The lowest BCUT2D eigenvalue weighted by molar-refractivity contribution is 0.0952. The number of aromatic nitrogens is 3. The molecule has 0 unspecified atom stereocenters. The maximum Gasteiger partial charge on any atom is 0.350 e. The predicted molar refractivity (Wildman–Crippen MR) is 128 cm³/mol. The Hall–Kier alpha value is -3.47. The molecule has 11 heteroatoms. The Morgan fingerprint density at radius 1 is 1.03 bits per heavy atom. The molecule has 2 aromatic heterocycles. The van der Waals surface area contributed by atoms with Gasteiger partial charge in [0.1, 0.15) is 4.90 Å². The smallest absolute Gasteiger partial charge is 0.350 e. The standard InChI is InChI=1S/C23H22ClN5O4S/c24-19-11-10-18(15-20(19)34(32,33)26-16-17-7-2-1-3-8-17)22(30)25-12-6-14-29-23(31)28-13-5-4-9-21(28)27-29/h1-5,7-11,13,15,26H,6,12,14,16H2,(H,25,30). The Labute approximate surface area is 201 Å². The molecule has 0 saturated heterocycles. The lowest BCUT2D eigenvalue weighted by Gasteiger charge is -2.11. The Morgan fingerprint density at radius 2 is 1.79 bits per heavy atom. The first-order chi connectivity index (χ1) is 16.3. The van der Waals surface area contributed by atoms with E-state index in [2.05, 4.69) is 15.1 Å². The molecule has 0 spiro atoms. The largest absolute Gasteiger partial charge is 0.352 e. The fourth-order valence-electron chi connectivity index (χ4n) is 3.35. The number of rotatable bonds is 9. The summed E-state index contributed by atoms with van der Waals surface area (Å²) in [5, 5.41) is 6.99. The van der Waals surface area contributed by atoms with Crippen molar-refractivity contribution in [2.24, 2.45) is 0 Å². The number of halogens is 1. The van der Waals surface area contributed by atoms with Gasteiger partial charge in [0.05, 0.1) is 5.02 Å². The fraction of sp³-hybridized carbons (Fsp3) is 0.174. The van der Waals surface area contributed by atoms with Crippen LogP contribution in [0.2, 0.25) is 5.02 Å². The number of nitrogens with zero attached hydrogens (tertiary/aromatic N) is 3. The molecule has 0 saturated carbocycles. The SMILES string of the molecule is O=C(NCCCn1nc2ccccn2c1=O)c1ccc(Cl)c(S(=O)(=O)NCc2ccccc2)c1. The van der Waals surface area contributed by atoms with Crippen molar-refractivity contribution in [1.29, 1.82) is 0 Å². The summed E-state index contributed by atoms with van der Waals surface area (Å²) < 4.78 is 30.8. The second-order valence-corrected chi connectivity index (χ2v) is 9.64. The van der Waals surface area contributed by atoms with E-state index in [1.165, 1.54) is 27.3 Å². The molecule has 1 amide bonds. The van der Waals surface area contributed by atoms with Gasteiger partial charge in [-0.15, -0.1) is 5.10 Å². The molecule has 9 nitrogen and oxygen atoms in total. The van der Waals surface area contributed by atoms with Crippen LogP contribution in [-0.2, 0) is 23.1 Å². The highest BCUT2D eigenvalue weighted by molar-refractivity contribution is 7.89. The van der Waals surface area contributed by atoms with E-state index in [9.17, 15) is 18.0 Å². The average Bonchev–Trinajstić information content (AvgIpc) is 3.17. The van der Waals surface area contributed by atoms with Crippen LogP contribution in [0.4, 0.5) is 0 Å². The number of amides is 1. The van der Waals surface area contributed by atoms with Gasteiger partial charge in [-0.1, -0.05) is 48.0 Å². The number of fused-ring (bicyclic) bond motifs is 1. The molecular weight excluding hydrogens is 478 g/mol. The summed E-state index contributed by atoms with van der Waals surface area (Å²) in [7, 11) is -3.93. The van der Waals surface area contributed by atoms with Crippen molar-refractivity contribution in [3.63, 3.8) is 0 Å². The van der Waals surface area contributed by atoms with E-state index in [1.54, 1.807) is 36.5 Å². The monoisotopic (exact) mass is 499 g/mol. The number of aryl methyl sites for hydroxylation is 1. The zero-order valence-corrected chi connectivity index (χ0v) is 19.6. The van der Waals surface area contributed by atoms with Crippen LogP contribution >= 0.6 is 11.6 Å². The molecule has 0 bridgehead atoms. The molecular formula is C23H22ClN5O4S. The molecule has 0 fully saturated rings. The lowest BCUT2D eigenvalue weighted by Crippen LogP contribution is -2.28. The van der Waals surface area contributed by atoms with Gasteiger partial charge in [0.25, 0.3) is 5.91 Å². The van der Waals surface area contributed by atoms with Gasteiger partial charge in [0.2, 0.25) is 10.0 Å². The predicted octanol–water partition coefficient (Wildman–Crippen LogP) is 2.45. The van der Waals surface area contributed by atoms with Crippen LogP contribution < -0.4 is 15.7 Å². The minimum atomic E-state index is -3.93. The molecule has 2 aromatic carbocycles. The summed E-state index contributed by atoms with van der Waals surface area (Å²) >= 11 is 6.12. The van der Waals surface area contributed by atoms with E-state index in [-0.39, 0.29) is 34.3 Å². The Balaban J connectivity index is 1.37.